The van der Waals surface area contributed by atoms with Crippen molar-refractivity contribution in [3.8, 4) is 11.1 Å². The molecule has 0 aliphatic rings. The van der Waals surface area contributed by atoms with Crippen LogP contribution in [0.3, 0.4) is 0 Å². The Balaban J connectivity index is 2.46. The largest absolute Gasteiger partial charge is 0.462 e. The summed E-state index contributed by atoms with van der Waals surface area (Å²) >= 11 is 0. The molecule has 0 saturated heterocycles. The molecule has 0 amide bonds. The summed E-state index contributed by atoms with van der Waals surface area (Å²) in [6.07, 6.45) is 3.37. The van der Waals surface area contributed by atoms with E-state index in [-0.39, 0.29) is 0 Å². The fraction of sp³-hybridized carbons (Fsp3) is 0.143. The summed E-state index contributed by atoms with van der Waals surface area (Å²) in [7, 11) is 0. The van der Waals surface area contributed by atoms with Gasteiger partial charge in [0.1, 0.15) is 0 Å². The Morgan fingerprint density at radius 3 is 2.67 bits per heavy atom. The summed E-state index contributed by atoms with van der Waals surface area (Å²) in [6.45, 7) is 2.10. The number of anilines is 1. The van der Waals surface area contributed by atoms with Crippen LogP contribution in [0.2, 0.25) is 0 Å². The van der Waals surface area contributed by atoms with Crippen molar-refractivity contribution in [3.63, 3.8) is 0 Å². The molecule has 0 fully saturated rings. The van der Waals surface area contributed by atoms with Crippen LogP contribution < -0.4 is 5.73 Å². The monoisotopic (exact) mass is 242 g/mol. The van der Waals surface area contributed by atoms with Crippen molar-refractivity contribution >= 4 is 11.7 Å². The summed E-state index contributed by atoms with van der Waals surface area (Å²) in [6, 6.07) is 9.02. The molecule has 0 radical (unpaired) electrons. The number of hydrogen-bond acceptors (Lipinski definition) is 4. The highest BCUT2D eigenvalue weighted by atomic mass is 16.5. The van der Waals surface area contributed by atoms with Gasteiger partial charge in [-0.05, 0) is 30.7 Å². The molecule has 92 valence electrons. The van der Waals surface area contributed by atoms with Gasteiger partial charge in [0.05, 0.1) is 17.9 Å². The smallest absolute Gasteiger partial charge is 0.340 e. The Morgan fingerprint density at radius 1 is 1.28 bits per heavy atom. The number of rotatable bonds is 3. The second-order valence-electron chi connectivity index (χ2n) is 3.72. The lowest BCUT2D eigenvalue weighted by molar-refractivity contribution is 0.0527. The second-order valence-corrected chi connectivity index (χ2v) is 3.72. The van der Waals surface area contributed by atoms with Gasteiger partial charge < -0.3 is 10.5 Å². The Hall–Kier alpha value is -2.36. The standard InChI is InChI=1S/C14H14N2O2/c1-2-18-14(17)12-5-3-4-11(13(12)15)10-6-8-16-9-7-10/h3-9H,2,15H2,1H3. The molecule has 0 aliphatic carbocycles. The van der Waals surface area contributed by atoms with Gasteiger partial charge in [0.15, 0.2) is 0 Å². The van der Waals surface area contributed by atoms with Crippen LogP contribution in [0, 0.1) is 0 Å². The Kier molecular flexibility index (Phi) is 3.57. The van der Waals surface area contributed by atoms with E-state index >= 15 is 0 Å². The number of carbonyl (C=O) groups is 1. The Bertz CT molecular complexity index is 553. The minimum atomic E-state index is -0.397. The van der Waals surface area contributed by atoms with Gasteiger partial charge in [0, 0.05) is 18.0 Å². The van der Waals surface area contributed by atoms with Crippen molar-refractivity contribution in [3.05, 3.63) is 48.3 Å². The second kappa shape index (κ2) is 5.31. The topological polar surface area (TPSA) is 65.2 Å². The van der Waals surface area contributed by atoms with Crippen LogP contribution >= 0.6 is 0 Å². The van der Waals surface area contributed by atoms with Gasteiger partial charge in [-0.25, -0.2) is 4.79 Å². The number of esters is 1. The van der Waals surface area contributed by atoms with E-state index in [0.717, 1.165) is 11.1 Å². The number of nitrogens with two attached hydrogens (primary N) is 1. The van der Waals surface area contributed by atoms with Crippen LogP contribution in [0.4, 0.5) is 5.69 Å². The zero-order valence-corrected chi connectivity index (χ0v) is 10.1. The lowest BCUT2D eigenvalue weighted by Gasteiger charge is -2.10. The first-order chi connectivity index (χ1) is 8.74. The molecule has 0 saturated carbocycles. The highest BCUT2D eigenvalue weighted by Crippen LogP contribution is 2.28. The number of ether oxygens (including phenoxy) is 1. The maximum atomic E-state index is 11.7. The van der Waals surface area contributed by atoms with E-state index in [1.54, 1.807) is 31.5 Å². The van der Waals surface area contributed by atoms with Crippen molar-refractivity contribution in [2.24, 2.45) is 0 Å². The first-order valence-electron chi connectivity index (χ1n) is 5.70. The highest BCUT2D eigenvalue weighted by molar-refractivity contribution is 5.99. The number of carbonyl (C=O) groups excluding carboxylic acids is 1. The molecule has 1 heterocycles. The molecule has 2 N–H and O–H groups in total. The van der Waals surface area contributed by atoms with E-state index in [1.807, 2.05) is 18.2 Å². The van der Waals surface area contributed by atoms with Gasteiger partial charge in [-0.1, -0.05) is 12.1 Å². The van der Waals surface area contributed by atoms with E-state index in [9.17, 15) is 4.79 Å². The number of pyridine rings is 1. The van der Waals surface area contributed by atoms with Crippen molar-refractivity contribution < 1.29 is 9.53 Å². The van der Waals surface area contributed by atoms with Crippen LogP contribution in [0.5, 0.6) is 0 Å². The third-order valence-corrected chi connectivity index (χ3v) is 2.59. The maximum Gasteiger partial charge on any atom is 0.340 e. The van der Waals surface area contributed by atoms with E-state index < -0.39 is 5.97 Å². The van der Waals surface area contributed by atoms with Gasteiger partial charge in [0.25, 0.3) is 0 Å². The summed E-state index contributed by atoms with van der Waals surface area (Å²) in [5, 5.41) is 0. The Morgan fingerprint density at radius 2 is 2.00 bits per heavy atom. The average Bonchev–Trinajstić information content (AvgIpc) is 2.40. The third kappa shape index (κ3) is 2.32. The van der Waals surface area contributed by atoms with E-state index in [2.05, 4.69) is 4.98 Å². The fourth-order valence-electron chi connectivity index (χ4n) is 1.74. The van der Waals surface area contributed by atoms with Crippen molar-refractivity contribution in [1.29, 1.82) is 0 Å². The van der Waals surface area contributed by atoms with Crippen LogP contribution in [0.15, 0.2) is 42.7 Å². The number of para-hydroxylation sites is 1. The van der Waals surface area contributed by atoms with Crippen molar-refractivity contribution in [2.45, 2.75) is 6.92 Å². The normalized spacial score (nSPS) is 10.1. The molecule has 2 rings (SSSR count). The number of nitrogens with zero attached hydrogens (tertiary/aromatic N) is 1. The lowest BCUT2D eigenvalue weighted by atomic mass is 10.0. The zero-order chi connectivity index (χ0) is 13.0. The number of nitrogen functional groups attached to an aromatic ring is 1. The van der Waals surface area contributed by atoms with Crippen molar-refractivity contribution in [1.82, 2.24) is 4.98 Å². The number of aromatic nitrogens is 1. The lowest BCUT2D eigenvalue weighted by Crippen LogP contribution is -2.08. The molecule has 0 atom stereocenters. The molecule has 18 heavy (non-hydrogen) atoms. The first-order valence-corrected chi connectivity index (χ1v) is 5.70. The zero-order valence-electron chi connectivity index (χ0n) is 10.1. The van der Waals surface area contributed by atoms with E-state index in [4.69, 9.17) is 10.5 Å². The Labute approximate surface area is 105 Å². The van der Waals surface area contributed by atoms with Crippen molar-refractivity contribution in [2.75, 3.05) is 12.3 Å². The molecule has 1 aromatic carbocycles. The molecule has 4 heteroatoms. The molecular formula is C14H14N2O2. The number of hydrogen-bond donors (Lipinski definition) is 1. The van der Waals surface area contributed by atoms with E-state index in [1.165, 1.54) is 0 Å². The van der Waals surface area contributed by atoms with Crippen LogP contribution in [-0.4, -0.2) is 17.6 Å². The van der Waals surface area contributed by atoms with Crippen LogP contribution in [0.25, 0.3) is 11.1 Å². The number of benzene rings is 1. The van der Waals surface area contributed by atoms with Gasteiger partial charge in [-0.15, -0.1) is 0 Å². The van der Waals surface area contributed by atoms with E-state index in [0.29, 0.717) is 17.9 Å². The third-order valence-electron chi connectivity index (χ3n) is 2.59. The highest BCUT2D eigenvalue weighted by Gasteiger charge is 2.13. The molecule has 0 unspecified atom stereocenters. The predicted molar refractivity (Wildman–Crippen MR) is 70.0 cm³/mol. The molecule has 2 aromatic rings. The SMILES string of the molecule is CCOC(=O)c1cccc(-c2ccncc2)c1N. The molecular weight excluding hydrogens is 228 g/mol. The molecule has 4 nitrogen and oxygen atoms in total. The van der Waals surface area contributed by atoms with Gasteiger partial charge in [0.2, 0.25) is 0 Å². The van der Waals surface area contributed by atoms with Crippen LogP contribution in [0.1, 0.15) is 17.3 Å². The summed E-state index contributed by atoms with van der Waals surface area (Å²) in [5.41, 5.74) is 8.59. The summed E-state index contributed by atoms with van der Waals surface area (Å²) in [5.74, 6) is -0.397. The molecule has 0 spiro atoms. The van der Waals surface area contributed by atoms with Gasteiger partial charge in [-0.3, -0.25) is 4.98 Å². The van der Waals surface area contributed by atoms with Gasteiger partial charge in [-0.2, -0.15) is 0 Å². The average molecular weight is 242 g/mol. The maximum absolute atomic E-state index is 11.7. The first kappa shape index (κ1) is 12.1. The fourth-order valence-corrected chi connectivity index (χ4v) is 1.74. The summed E-state index contributed by atoms with van der Waals surface area (Å²) < 4.78 is 4.97. The van der Waals surface area contributed by atoms with Gasteiger partial charge >= 0.3 is 5.97 Å². The molecule has 0 aliphatic heterocycles. The minimum absolute atomic E-state index is 0.331. The van der Waals surface area contributed by atoms with Crippen LogP contribution in [-0.2, 0) is 4.74 Å². The molecule has 1 aromatic heterocycles. The molecule has 0 bridgehead atoms. The quantitative estimate of drug-likeness (QED) is 0.663. The minimum Gasteiger partial charge on any atom is -0.462 e. The predicted octanol–water partition coefficient (Wildman–Crippen LogP) is 2.51. The summed E-state index contributed by atoms with van der Waals surface area (Å²) in [4.78, 5) is 15.7.